The highest BCUT2D eigenvalue weighted by molar-refractivity contribution is 4.98. The van der Waals surface area contributed by atoms with Crippen LogP contribution >= 0.6 is 0 Å². The molecule has 6 saturated heterocycles. The molecule has 0 aromatic heterocycles. The van der Waals surface area contributed by atoms with Crippen LogP contribution in [0.4, 0.5) is 0 Å². The van der Waals surface area contributed by atoms with Gasteiger partial charge in [-0.1, -0.05) is 0 Å². The van der Waals surface area contributed by atoms with Crippen molar-refractivity contribution in [2.24, 2.45) is 0 Å². The molecule has 6 rings (SSSR count). The van der Waals surface area contributed by atoms with Crippen molar-refractivity contribution < 1.29 is 149 Å². The fraction of sp³-hybridized carbons (Fsp3) is 1.00. The zero-order chi connectivity index (χ0) is 47.8. The van der Waals surface area contributed by atoms with Crippen LogP contribution in [0.2, 0.25) is 0 Å². The van der Waals surface area contributed by atoms with Crippen molar-refractivity contribution in [1.29, 1.82) is 0 Å². The molecular formula is C35H60O30. The lowest BCUT2D eigenvalue weighted by Gasteiger charge is -2.49. The number of hydrogen-bond acceptors (Lipinski definition) is 30. The van der Waals surface area contributed by atoms with E-state index in [9.17, 15) is 97.0 Å². The molecule has 0 aliphatic carbocycles. The molecule has 6 fully saturated rings. The van der Waals surface area contributed by atoms with Crippen LogP contribution in [0.25, 0.3) is 0 Å². The van der Waals surface area contributed by atoms with Crippen LogP contribution in [0.3, 0.4) is 0 Å². The molecule has 380 valence electrons. The van der Waals surface area contributed by atoms with Gasteiger partial charge in [-0.3, -0.25) is 0 Å². The first kappa shape index (κ1) is 53.2. The smallest absolute Gasteiger partial charge is 0.187 e. The quantitative estimate of drug-likeness (QED) is 0.0724. The SMILES string of the molecule is OC[C@H]1O[C@@H](O[C@H]2[C@@H](OC[C@H]3O[C@@H](O[C@H]4[C@H](O)[C@@H](O)[C@H](O[C@H]5[C@H](O)[C@@H](O)[C@H](O[C@H]6[C@H](O)[C@@H](O)[C@H](O)O[C@@H]6CO)O[C@@H]5CO)O[C@@H]4CO)[C@H](O)[C@@H](O)[C@@H]3O)OC[C@@H](O)[C@@H]2O)[C@H](O)[C@@H](O)[C@H]1O. The molecule has 0 spiro atoms. The summed E-state index contributed by atoms with van der Waals surface area (Å²) < 4.78 is 60.6. The van der Waals surface area contributed by atoms with Gasteiger partial charge in [-0.15, -0.1) is 0 Å². The lowest BCUT2D eigenvalue weighted by molar-refractivity contribution is -0.389. The molecule has 30 heteroatoms. The molecule has 6 aliphatic heterocycles. The Kier molecular flexibility index (Phi) is 18.6. The lowest BCUT2D eigenvalue weighted by Crippen LogP contribution is -2.67. The highest BCUT2D eigenvalue weighted by Crippen LogP contribution is 2.35. The minimum atomic E-state index is -2.16. The second kappa shape index (κ2) is 22.7. The average Bonchev–Trinajstić information content (AvgIpc) is 3.29. The molecule has 0 saturated carbocycles. The van der Waals surface area contributed by atoms with Gasteiger partial charge in [0, 0.05) is 0 Å². The summed E-state index contributed by atoms with van der Waals surface area (Å²) >= 11 is 0. The molecule has 6 heterocycles. The van der Waals surface area contributed by atoms with Crippen LogP contribution in [-0.4, -0.2) is 315 Å². The van der Waals surface area contributed by atoms with Gasteiger partial charge in [-0.25, -0.2) is 0 Å². The summed E-state index contributed by atoms with van der Waals surface area (Å²) in [4.78, 5) is 0. The van der Waals surface area contributed by atoms with Crippen LogP contribution in [0.1, 0.15) is 0 Å². The summed E-state index contributed by atoms with van der Waals surface area (Å²) in [6.45, 7) is -4.99. The molecule has 0 unspecified atom stereocenters. The molecule has 30 nitrogen and oxygen atoms in total. The lowest BCUT2D eigenvalue weighted by atomic mass is 9.95. The first-order chi connectivity index (χ1) is 30.8. The molecular weight excluding hydrogens is 900 g/mol. The van der Waals surface area contributed by atoms with Gasteiger partial charge in [-0.05, 0) is 0 Å². The Labute approximate surface area is 366 Å². The predicted octanol–water partition coefficient (Wildman–Crippen LogP) is -13.5. The van der Waals surface area contributed by atoms with E-state index >= 15 is 0 Å². The fourth-order valence-electron chi connectivity index (χ4n) is 8.11. The van der Waals surface area contributed by atoms with E-state index in [0.717, 1.165) is 0 Å². The van der Waals surface area contributed by atoms with Gasteiger partial charge in [0.05, 0.1) is 39.6 Å². The molecule has 0 bridgehead atoms. The van der Waals surface area contributed by atoms with Crippen molar-refractivity contribution in [3.63, 3.8) is 0 Å². The maximum atomic E-state index is 11.2. The summed E-state index contributed by atoms with van der Waals surface area (Å²) in [5, 5.41) is 198. The maximum Gasteiger partial charge on any atom is 0.187 e. The van der Waals surface area contributed by atoms with Crippen molar-refractivity contribution in [2.45, 2.75) is 178 Å². The van der Waals surface area contributed by atoms with E-state index in [0.29, 0.717) is 0 Å². The first-order valence-corrected chi connectivity index (χ1v) is 20.5. The molecule has 0 amide bonds. The van der Waals surface area contributed by atoms with Crippen LogP contribution in [0.15, 0.2) is 0 Å². The zero-order valence-electron chi connectivity index (χ0n) is 34.0. The van der Waals surface area contributed by atoms with E-state index in [4.69, 9.17) is 52.1 Å². The number of aliphatic hydroxyl groups excluding tert-OH is 19. The summed E-state index contributed by atoms with van der Waals surface area (Å²) in [5.41, 5.74) is 0. The van der Waals surface area contributed by atoms with Crippen molar-refractivity contribution >= 4 is 0 Å². The Morgan fingerprint density at radius 3 is 1.12 bits per heavy atom. The van der Waals surface area contributed by atoms with E-state index in [1.807, 2.05) is 0 Å². The van der Waals surface area contributed by atoms with E-state index in [1.54, 1.807) is 0 Å². The largest absolute Gasteiger partial charge is 0.394 e. The highest BCUT2D eigenvalue weighted by Gasteiger charge is 2.56. The molecule has 65 heavy (non-hydrogen) atoms. The van der Waals surface area contributed by atoms with Gasteiger partial charge in [0.2, 0.25) is 0 Å². The van der Waals surface area contributed by atoms with E-state index in [-0.39, 0.29) is 0 Å². The second-order valence-electron chi connectivity index (χ2n) is 16.3. The van der Waals surface area contributed by atoms with Crippen molar-refractivity contribution in [2.75, 3.05) is 39.6 Å². The van der Waals surface area contributed by atoms with Crippen molar-refractivity contribution in [3.8, 4) is 0 Å². The van der Waals surface area contributed by atoms with Crippen molar-refractivity contribution in [1.82, 2.24) is 0 Å². The minimum Gasteiger partial charge on any atom is -0.394 e. The van der Waals surface area contributed by atoms with Gasteiger partial charge in [-0.2, -0.15) is 0 Å². The topological polar surface area (TPSA) is 486 Å². The van der Waals surface area contributed by atoms with Crippen molar-refractivity contribution in [3.05, 3.63) is 0 Å². The molecule has 6 aliphatic rings. The van der Waals surface area contributed by atoms with E-state index in [1.165, 1.54) is 0 Å². The third kappa shape index (κ3) is 11.1. The van der Waals surface area contributed by atoms with Gasteiger partial charge in [0.1, 0.15) is 140 Å². The average molecular weight is 961 g/mol. The summed E-state index contributed by atoms with van der Waals surface area (Å²) in [7, 11) is 0. The Balaban J connectivity index is 1.08. The summed E-state index contributed by atoms with van der Waals surface area (Å²) in [6.07, 6.45) is -53.6. The number of hydrogen-bond donors (Lipinski definition) is 19. The Hall–Kier alpha value is -1.20. The molecule has 19 N–H and O–H groups in total. The Morgan fingerprint density at radius 2 is 0.677 bits per heavy atom. The predicted molar refractivity (Wildman–Crippen MR) is 193 cm³/mol. The minimum absolute atomic E-state index is 0.551. The van der Waals surface area contributed by atoms with Crippen LogP contribution < -0.4 is 0 Å². The van der Waals surface area contributed by atoms with E-state index in [2.05, 4.69) is 0 Å². The number of ether oxygens (including phenoxy) is 11. The Bertz CT molecular complexity index is 1450. The fourth-order valence-corrected chi connectivity index (χ4v) is 8.11. The van der Waals surface area contributed by atoms with Crippen LogP contribution in [0, 0.1) is 0 Å². The molecule has 0 aromatic rings. The second-order valence-corrected chi connectivity index (χ2v) is 16.3. The third-order valence-corrected chi connectivity index (χ3v) is 12.0. The highest BCUT2D eigenvalue weighted by atomic mass is 16.8. The molecule has 29 atom stereocenters. The Morgan fingerprint density at radius 1 is 0.323 bits per heavy atom. The normalized spacial score (nSPS) is 53.5. The first-order valence-electron chi connectivity index (χ1n) is 20.5. The summed E-state index contributed by atoms with van der Waals surface area (Å²) in [5.74, 6) is 0. The molecule has 0 aromatic carbocycles. The standard InChI is InChI=1S/C35H60O30/c36-1-8-14(42)16(44)22(50)31(58-8)65-29-13(41)7(40)5-55-35(29)56-6-12-15(43)17(45)23(51)32(61-12)63-27-10(3-38)60-34(25(53)19(27)47)64-28-11(4-39)59-33(24(52)20(28)48)62-26-9(2-37)57-30(54)21(49)18(26)46/h7-54H,1-6H2/t7-,8-,9-,10-,11-,12-,13+,14+,15-,16+,17+,18-,19-,20-,21-,22-,23-,24-,25-,26-,27-,28-,29-,30-,31+,32+,33+,34+,35-/m1/s1. The number of rotatable bonds is 15. The van der Waals surface area contributed by atoms with Gasteiger partial charge in [0.25, 0.3) is 0 Å². The summed E-state index contributed by atoms with van der Waals surface area (Å²) in [6, 6.07) is 0. The van der Waals surface area contributed by atoms with Gasteiger partial charge in [0.15, 0.2) is 37.7 Å². The van der Waals surface area contributed by atoms with Crippen LogP contribution in [-0.2, 0) is 52.1 Å². The van der Waals surface area contributed by atoms with Crippen LogP contribution in [0.5, 0.6) is 0 Å². The van der Waals surface area contributed by atoms with Gasteiger partial charge < -0.3 is 149 Å². The molecule has 0 radical (unpaired) electrons. The van der Waals surface area contributed by atoms with E-state index < -0.39 is 218 Å². The number of aliphatic hydroxyl groups is 19. The monoisotopic (exact) mass is 960 g/mol. The third-order valence-electron chi connectivity index (χ3n) is 12.0. The maximum absolute atomic E-state index is 11.2. The van der Waals surface area contributed by atoms with Gasteiger partial charge >= 0.3 is 0 Å². The zero-order valence-corrected chi connectivity index (χ0v) is 34.0.